The molecule has 0 amide bonds. The highest BCUT2D eigenvalue weighted by atomic mass is 32.1. The summed E-state index contributed by atoms with van der Waals surface area (Å²) in [7, 11) is 0. The summed E-state index contributed by atoms with van der Waals surface area (Å²) in [6, 6.07) is 12.6. The molecule has 0 atom stereocenters. The van der Waals surface area contributed by atoms with E-state index in [9.17, 15) is 0 Å². The van der Waals surface area contributed by atoms with Crippen LogP contribution in [0, 0.1) is 20.8 Å². The molecule has 0 spiro atoms. The zero-order chi connectivity index (χ0) is 15.4. The number of nitrogens with zero attached hydrogens (tertiary/aromatic N) is 2. The number of rotatable bonds is 1. The first-order valence-corrected chi connectivity index (χ1v) is 8.11. The predicted molar refractivity (Wildman–Crippen MR) is 94.6 cm³/mol. The molecule has 3 aromatic heterocycles. The second-order valence-electron chi connectivity index (χ2n) is 5.74. The minimum Gasteiger partial charge on any atom is -0.383 e. The molecule has 0 aliphatic heterocycles. The number of nitrogen functional groups attached to an aromatic ring is 1. The van der Waals surface area contributed by atoms with Crippen molar-refractivity contribution < 1.29 is 0 Å². The molecule has 0 aliphatic carbocycles. The van der Waals surface area contributed by atoms with Crippen molar-refractivity contribution in [3.05, 3.63) is 52.5 Å². The standard InChI is InChI=1S/C18H17N3S/c1-10-6-4-5-7-13(10)16-17(19)21-11(2)8-15-14(18(21)20-16)9-12(3)22-15/h4-9H,19H2,1-3H3. The lowest BCUT2D eigenvalue weighted by Gasteiger charge is -2.05. The van der Waals surface area contributed by atoms with Gasteiger partial charge < -0.3 is 5.73 Å². The van der Waals surface area contributed by atoms with E-state index in [1.807, 2.05) is 12.1 Å². The van der Waals surface area contributed by atoms with Gasteiger partial charge in [0.15, 0.2) is 0 Å². The SMILES string of the molecule is Cc1cc2c(cc(C)n3c(N)c(-c4ccccc4C)nc23)s1. The van der Waals surface area contributed by atoms with Gasteiger partial charge in [0.2, 0.25) is 0 Å². The quantitative estimate of drug-likeness (QED) is 0.553. The summed E-state index contributed by atoms with van der Waals surface area (Å²) < 4.78 is 3.33. The van der Waals surface area contributed by atoms with E-state index in [1.54, 1.807) is 11.3 Å². The summed E-state index contributed by atoms with van der Waals surface area (Å²) in [5, 5.41) is 1.18. The molecule has 3 heterocycles. The van der Waals surface area contributed by atoms with Gasteiger partial charge in [-0.1, -0.05) is 24.3 Å². The molecule has 0 saturated carbocycles. The van der Waals surface area contributed by atoms with Crippen LogP contribution in [0.4, 0.5) is 5.82 Å². The first-order chi connectivity index (χ1) is 10.6. The summed E-state index contributed by atoms with van der Waals surface area (Å²) in [5.74, 6) is 0.715. The molecular weight excluding hydrogens is 290 g/mol. The fourth-order valence-electron chi connectivity index (χ4n) is 3.08. The van der Waals surface area contributed by atoms with Crippen LogP contribution in [0.1, 0.15) is 16.1 Å². The maximum atomic E-state index is 6.44. The lowest BCUT2D eigenvalue weighted by molar-refractivity contribution is 1.12. The highest BCUT2D eigenvalue weighted by Gasteiger charge is 2.17. The van der Waals surface area contributed by atoms with E-state index in [0.29, 0.717) is 5.82 Å². The van der Waals surface area contributed by atoms with E-state index in [1.165, 1.54) is 20.5 Å². The van der Waals surface area contributed by atoms with Crippen LogP contribution < -0.4 is 5.73 Å². The minimum absolute atomic E-state index is 0.715. The van der Waals surface area contributed by atoms with Crippen molar-refractivity contribution in [1.29, 1.82) is 0 Å². The molecule has 4 heteroatoms. The predicted octanol–water partition coefficient (Wildman–Crippen LogP) is 4.72. The zero-order valence-corrected chi connectivity index (χ0v) is 13.7. The first-order valence-electron chi connectivity index (χ1n) is 7.30. The second-order valence-corrected chi connectivity index (χ2v) is 7.03. The van der Waals surface area contributed by atoms with Crippen molar-refractivity contribution in [1.82, 2.24) is 9.38 Å². The van der Waals surface area contributed by atoms with Crippen LogP contribution in [0.25, 0.3) is 27.0 Å². The summed E-state index contributed by atoms with van der Waals surface area (Å²) >= 11 is 1.80. The zero-order valence-electron chi connectivity index (χ0n) is 12.8. The Hall–Kier alpha value is -2.33. The normalized spacial score (nSPS) is 11.6. The molecule has 22 heavy (non-hydrogen) atoms. The molecule has 110 valence electrons. The number of aromatic nitrogens is 2. The Labute approximate surface area is 133 Å². The van der Waals surface area contributed by atoms with E-state index in [0.717, 1.165) is 22.6 Å². The number of nitrogens with two attached hydrogens (primary N) is 1. The number of pyridine rings is 1. The van der Waals surface area contributed by atoms with Gasteiger partial charge in [-0.15, -0.1) is 11.3 Å². The lowest BCUT2D eigenvalue weighted by Crippen LogP contribution is -1.98. The third-order valence-corrected chi connectivity index (χ3v) is 5.13. The molecule has 1 aromatic carbocycles. The van der Waals surface area contributed by atoms with E-state index >= 15 is 0 Å². The molecule has 0 radical (unpaired) electrons. The smallest absolute Gasteiger partial charge is 0.148 e. The van der Waals surface area contributed by atoms with Crippen LogP contribution in [0.5, 0.6) is 0 Å². The Morgan fingerprint density at radius 3 is 2.64 bits per heavy atom. The van der Waals surface area contributed by atoms with Crippen LogP contribution >= 0.6 is 11.3 Å². The van der Waals surface area contributed by atoms with Crippen LogP contribution in [-0.2, 0) is 0 Å². The maximum absolute atomic E-state index is 6.44. The van der Waals surface area contributed by atoms with Crippen molar-refractivity contribution in [3.63, 3.8) is 0 Å². The van der Waals surface area contributed by atoms with Gasteiger partial charge in [-0.25, -0.2) is 4.98 Å². The molecule has 4 rings (SSSR count). The molecule has 2 N–H and O–H groups in total. The van der Waals surface area contributed by atoms with Gasteiger partial charge in [0.1, 0.15) is 17.2 Å². The van der Waals surface area contributed by atoms with Crippen molar-refractivity contribution in [2.24, 2.45) is 0 Å². The molecule has 0 bridgehead atoms. The molecule has 3 nitrogen and oxygen atoms in total. The number of hydrogen-bond acceptors (Lipinski definition) is 3. The van der Waals surface area contributed by atoms with E-state index in [4.69, 9.17) is 10.7 Å². The van der Waals surface area contributed by atoms with Gasteiger partial charge in [0, 0.05) is 26.2 Å². The third kappa shape index (κ3) is 1.77. The van der Waals surface area contributed by atoms with E-state index in [-0.39, 0.29) is 0 Å². The third-order valence-electron chi connectivity index (χ3n) is 4.13. The van der Waals surface area contributed by atoms with Crippen LogP contribution in [0.3, 0.4) is 0 Å². The van der Waals surface area contributed by atoms with Gasteiger partial charge in [-0.2, -0.15) is 0 Å². The largest absolute Gasteiger partial charge is 0.383 e. The van der Waals surface area contributed by atoms with Crippen LogP contribution in [-0.4, -0.2) is 9.38 Å². The summed E-state index contributed by atoms with van der Waals surface area (Å²) in [6.07, 6.45) is 0. The number of benzene rings is 1. The molecule has 0 aliphatic rings. The van der Waals surface area contributed by atoms with Crippen molar-refractivity contribution in [3.8, 4) is 11.3 Å². The Morgan fingerprint density at radius 1 is 1.09 bits per heavy atom. The van der Waals surface area contributed by atoms with Gasteiger partial charge in [0.25, 0.3) is 0 Å². The Morgan fingerprint density at radius 2 is 1.86 bits per heavy atom. The summed E-state index contributed by atoms with van der Waals surface area (Å²) in [5.41, 5.74) is 11.7. The van der Waals surface area contributed by atoms with Gasteiger partial charge >= 0.3 is 0 Å². The van der Waals surface area contributed by atoms with Gasteiger partial charge in [-0.3, -0.25) is 4.40 Å². The number of anilines is 1. The minimum atomic E-state index is 0.715. The molecule has 0 fully saturated rings. The number of thiophene rings is 1. The number of aryl methyl sites for hydroxylation is 3. The average Bonchev–Trinajstić information content (AvgIpc) is 3.00. The summed E-state index contributed by atoms with van der Waals surface area (Å²) in [6.45, 7) is 6.31. The molecule has 0 unspecified atom stereocenters. The molecule has 4 aromatic rings. The van der Waals surface area contributed by atoms with Crippen LogP contribution in [0.15, 0.2) is 36.4 Å². The Kier molecular flexibility index (Phi) is 2.78. The van der Waals surface area contributed by atoms with Crippen molar-refractivity contribution >= 4 is 32.9 Å². The van der Waals surface area contributed by atoms with Gasteiger partial charge in [0.05, 0.1) is 0 Å². The van der Waals surface area contributed by atoms with Crippen molar-refractivity contribution in [2.75, 3.05) is 5.73 Å². The number of fused-ring (bicyclic) bond motifs is 3. The fraction of sp³-hybridized carbons (Fsp3) is 0.167. The first kappa shape index (κ1) is 13.3. The maximum Gasteiger partial charge on any atom is 0.148 e. The molecular formula is C18H17N3S. The van der Waals surface area contributed by atoms with E-state index < -0.39 is 0 Å². The lowest BCUT2D eigenvalue weighted by atomic mass is 10.1. The fourth-order valence-corrected chi connectivity index (χ4v) is 4.09. The highest BCUT2D eigenvalue weighted by molar-refractivity contribution is 7.19. The summed E-state index contributed by atoms with van der Waals surface area (Å²) in [4.78, 5) is 6.18. The topological polar surface area (TPSA) is 43.3 Å². The van der Waals surface area contributed by atoms with Crippen LogP contribution in [0.2, 0.25) is 0 Å². The number of imidazole rings is 1. The van der Waals surface area contributed by atoms with E-state index in [2.05, 4.69) is 49.4 Å². The average molecular weight is 307 g/mol. The molecule has 0 saturated heterocycles. The highest BCUT2D eigenvalue weighted by Crippen LogP contribution is 2.35. The Balaban J connectivity index is 2.15. The van der Waals surface area contributed by atoms with Crippen molar-refractivity contribution in [2.45, 2.75) is 20.8 Å². The Bertz CT molecular complexity index is 1020. The monoisotopic (exact) mass is 307 g/mol. The number of hydrogen-bond donors (Lipinski definition) is 1. The van der Waals surface area contributed by atoms with Gasteiger partial charge in [-0.05, 0) is 38.5 Å². The second kappa shape index (κ2) is 4.58.